The van der Waals surface area contributed by atoms with Gasteiger partial charge in [0.2, 0.25) is 0 Å². The van der Waals surface area contributed by atoms with E-state index in [1.807, 2.05) is 24.3 Å². The minimum Gasteiger partial charge on any atom is -0.384 e. The Morgan fingerprint density at radius 2 is 1.81 bits per heavy atom. The Labute approximate surface area is 136 Å². The number of rotatable bonds is 5. The van der Waals surface area contributed by atoms with Crippen molar-refractivity contribution < 1.29 is 13.5 Å². The highest BCUT2D eigenvalue weighted by Crippen LogP contribution is 2.34. The van der Waals surface area contributed by atoms with Crippen molar-refractivity contribution in [1.82, 2.24) is 0 Å². The van der Waals surface area contributed by atoms with Gasteiger partial charge in [-0.25, -0.2) is 8.78 Å². The first-order valence-corrected chi connectivity index (χ1v) is 7.68. The van der Waals surface area contributed by atoms with E-state index in [-0.39, 0.29) is 10.6 Å². The molecule has 5 heteroatoms. The van der Waals surface area contributed by atoms with Crippen LogP contribution in [0.4, 0.5) is 8.78 Å². The predicted molar refractivity (Wildman–Crippen MR) is 84.2 cm³/mol. The van der Waals surface area contributed by atoms with E-state index in [1.54, 1.807) is 7.11 Å². The molecule has 0 saturated heterocycles. The third-order valence-electron chi connectivity index (χ3n) is 3.18. The Kier molecular flexibility index (Phi) is 5.73. The molecular formula is C16H14BrClF2O. The molecule has 2 aromatic carbocycles. The zero-order valence-electron chi connectivity index (χ0n) is 11.4. The summed E-state index contributed by atoms with van der Waals surface area (Å²) in [4.78, 5) is -0.430. The molecule has 0 radical (unpaired) electrons. The zero-order valence-corrected chi connectivity index (χ0v) is 13.7. The molecule has 1 unspecified atom stereocenters. The second kappa shape index (κ2) is 7.34. The van der Waals surface area contributed by atoms with Crippen LogP contribution in [0.5, 0.6) is 0 Å². The van der Waals surface area contributed by atoms with Crippen LogP contribution in [0.15, 0.2) is 36.4 Å². The minimum absolute atomic E-state index is 0.217. The Bertz CT molecular complexity index is 616. The maximum Gasteiger partial charge on any atom is 0.142 e. The van der Waals surface area contributed by atoms with E-state index < -0.39 is 16.5 Å². The molecule has 21 heavy (non-hydrogen) atoms. The first kappa shape index (κ1) is 16.4. The lowest BCUT2D eigenvalue weighted by atomic mass is 10.0. The third-order valence-corrected chi connectivity index (χ3v) is 4.49. The summed E-state index contributed by atoms with van der Waals surface area (Å²) in [5.41, 5.74) is 2.20. The van der Waals surface area contributed by atoms with Gasteiger partial charge in [-0.2, -0.15) is 0 Å². The summed E-state index contributed by atoms with van der Waals surface area (Å²) in [6.45, 7) is 0.647. The van der Waals surface area contributed by atoms with Crippen molar-refractivity contribution in [2.45, 2.75) is 11.2 Å². The SMILES string of the molecule is COCCc1ccc(C(Br)c2cc(F)c(Cl)cc2F)cc1. The van der Waals surface area contributed by atoms with Crippen LogP contribution in [-0.2, 0) is 11.2 Å². The molecule has 1 atom stereocenters. The molecule has 112 valence electrons. The summed E-state index contributed by atoms with van der Waals surface area (Å²) in [5, 5.41) is -0.217. The second-order valence-electron chi connectivity index (χ2n) is 4.63. The Balaban J connectivity index is 2.23. The van der Waals surface area contributed by atoms with Crippen molar-refractivity contribution in [2.24, 2.45) is 0 Å². The quantitative estimate of drug-likeness (QED) is 0.509. The van der Waals surface area contributed by atoms with Crippen molar-refractivity contribution in [3.63, 3.8) is 0 Å². The van der Waals surface area contributed by atoms with Crippen LogP contribution in [0.25, 0.3) is 0 Å². The highest BCUT2D eigenvalue weighted by molar-refractivity contribution is 9.09. The van der Waals surface area contributed by atoms with Crippen LogP contribution in [0.3, 0.4) is 0 Å². The molecule has 2 aromatic rings. The fraction of sp³-hybridized carbons (Fsp3) is 0.250. The van der Waals surface area contributed by atoms with Gasteiger partial charge in [-0.15, -0.1) is 0 Å². The van der Waals surface area contributed by atoms with E-state index in [9.17, 15) is 8.78 Å². The fourth-order valence-electron chi connectivity index (χ4n) is 1.98. The average molecular weight is 376 g/mol. The smallest absolute Gasteiger partial charge is 0.142 e. The van der Waals surface area contributed by atoms with Gasteiger partial charge >= 0.3 is 0 Å². The highest BCUT2D eigenvalue weighted by Gasteiger charge is 2.17. The number of hydrogen-bond acceptors (Lipinski definition) is 1. The summed E-state index contributed by atoms with van der Waals surface area (Å²) >= 11 is 8.97. The molecule has 0 aliphatic rings. The largest absolute Gasteiger partial charge is 0.384 e. The molecule has 0 aromatic heterocycles. The van der Waals surface area contributed by atoms with Gasteiger partial charge in [-0.1, -0.05) is 51.8 Å². The first-order chi connectivity index (χ1) is 10.0. The van der Waals surface area contributed by atoms with Crippen LogP contribution in [-0.4, -0.2) is 13.7 Å². The molecule has 0 amide bonds. The molecule has 0 aliphatic heterocycles. The van der Waals surface area contributed by atoms with Gasteiger partial charge in [0.15, 0.2) is 0 Å². The summed E-state index contributed by atoms with van der Waals surface area (Å²) in [6, 6.07) is 9.79. The lowest BCUT2D eigenvalue weighted by Crippen LogP contribution is -1.99. The van der Waals surface area contributed by atoms with Crippen LogP contribution in [0, 0.1) is 11.6 Å². The Morgan fingerprint density at radius 1 is 1.14 bits per heavy atom. The molecular weight excluding hydrogens is 362 g/mol. The summed E-state index contributed by atoms with van der Waals surface area (Å²) < 4.78 is 32.4. The lowest BCUT2D eigenvalue weighted by Gasteiger charge is -2.13. The number of alkyl halides is 1. The fourth-order valence-corrected chi connectivity index (χ4v) is 2.79. The molecule has 2 rings (SSSR count). The number of ether oxygens (including phenoxy) is 1. The third kappa shape index (κ3) is 4.02. The van der Waals surface area contributed by atoms with Gasteiger partial charge < -0.3 is 4.74 Å². The number of halogens is 4. The topological polar surface area (TPSA) is 9.23 Å². The lowest BCUT2D eigenvalue weighted by molar-refractivity contribution is 0.202. The molecule has 0 fully saturated rings. The molecule has 0 bridgehead atoms. The summed E-state index contributed by atoms with van der Waals surface area (Å²) in [7, 11) is 1.65. The van der Waals surface area contributed by atoms with E-state index in [0.29, 0.717) is 6.61 Å². The summed E-state index contributed by atoms with van der Waals surface area (Å²) in [6.07, 6.45) is 0.813. The van der Waals surface area contributed by atoms with Gasteiger partial charge in [0.1, 0.15) is 11.6 Å². The molecule has 0 aliphatic carbocycles. The van der Waals surface area contributed by atoms with E-state index in [4.69, 9.17) is 16.3 Å². The number of hydrogen-bond donors (Lipinski definition) is 0. The minimum atomic E-state index is -0.630. The average Bonchev–Trinajstić information content (AvgIpc) is 2.48. The van der Waals surface area contributed by atoms with E-state index in [1.165, 1.54) is 0 Å². The van der Waals surface area contributed by atoms with Gasteiger partial charge in [0.05, 0.1) is 16.5 Å². The van der Waals surface area contributed by atoms with Crippen molar-refractivity contribution in [3.05, 3.63) is 69.7 Å². The van der Waals surface area contributed by atoms with Gasteiger partial charge in [-0.05, 0) is 29.7 Å². The normalized spacial score (nSPS) is 12.4. The molecule has 0 saturated carbocycles. The molecule has 1 nitrogen and oxygen atoms in total. The Hall–Kier alpha value is -0.970. The second-order valence-corrected chi connectivity index (χ2v) is 5.96. The predicted octanol–water partition coefficient (Wildman–Crippen LogP) is 5.29. The van der Waals surface area contributed by atoms with E-state index in [0.717, 1.165) is 29.7 Å². The van der Waals surface area contributed by atoms with Crippen molar-refractivity contribution in [1.29, 1.82) is 0 Å². The molecule has 0 heterocycles. The standard InChI is InChI=1S/C16H14BrClF2O/c1-21-7-6-10-2-4-11(5-3-10)16(17)12-8-15(20)13(18)9-14(12)19/h2-5,8-9,16H,6-7H2,1H3. The van der Waals surface area contributed by atoms with Gasteiger partial charge in [0, 0.05) is 12.7 Å². The zero-order chi connectivity index (χ0) is 15.4. The monoisotopic (exact) mass is 374 g/mol. The Morgan fingerprint density at radius 3 is 2.43 bits per heavy atom. The van der Waals surface area contributed by atoms with Gasteiger partial charge in [0.25, 0.3) is 0 Å². The van der Waals surface area contributed by atoms with Crippen LogP contribution >= 0.6 is 27.5 Å². The number of methoxy groups -OCH3 is 1. The van der Waals surface area contributed by atoms with Crippen molar-refractivity contribution in [3.8, 4) is 0 Å². The molecule has 0 spiro atoms. The van der Waals surface area contributed by atoms with Crippen molar-refractivity contribution in [2.75, 3.05) is 13.7 Å². The van der Waals surface area contributed by atoms with E-state index in [2.05, 4.69) is 15.9 Å². The maximum atomic E-state index is 13.9. The number of benzene rings is 2. The van der Waals surface area contributed by atoms with Crippen LogP contribution in [0.2, 0.25) is 5.02 Å². The van der Waals surface area contributed by atoms with Gasteiger partial charge in [-0.3, -0.25) is 0 Å². The molecule has 0 N–H and O–H groups in total. The van der Waals surface area contributed by atoms with Crippen molar-refractivity contribution >= 4 is 27.5 Å². The first-order valence-electron chi connectivity index (χ1n) is 6.39. The van der Waals surface area contributed by atoms with E-state index >= 15 is 0 Å². The van der Waals surface area contributed by atoms with Crippen LogP contribution < -0.4 is 0 Å². The maximum absolute atomic E-state index is 13.9. The van der Waals surface area contributed by atoms with Crippen LogP contribution in [0.1, 0.15) is 21.5 Å². The highest BCUT2D eigenvalue weighted by atomic mass is 79.9. The summed E-state index contributed by atoms with van der Waals surface area (Å²) in [5.74, 6) is -1.17.